The maximum Gasteiger partial charge on any atom is 0.289 e. The fourth-order valence-electron chi connectivity index (χ4n) is 3.41. The summed E-state index contributed by atoms with van der Waals surface area (Å²) in [6.45, 7) is 5.73. The van der Waals surface area contributed by atoms with Crippen LogP contribution in [0.2, 0.25) is 10.0 Å². The first-order valence-electron chi connectivity index (χ1n) is 9.40. The largest absolute Gasteiger partial charge is 0.289 e. The molecule has 170 valence electrons. The predicted octanol–water partition coefficient (Wildman–Crippen LogP) is 4.62. The molecule has 12 heteroatoms. The van der Waals surface area contributed by atoms with Gasteiger partial charge in [0.05, 0.1) is 26.2 Å². The SMILES string of the molecule is Cc1c(C(C)C)c(=O)n(-c2ccc(S(=O)(=O)Nc3cc(Cl)c([N+](=O)[O-])cc3Cl)cc2)n1C. The number of aromatic nitrogens is 2. The van der Waals surface area contributed by atoms with Crippen molar-refractivity contribution >= 4 is 44.6 Å². The zero-order valence-electron chi connectivity index (χ0n) is 17.6. The Balaban J connectivity index is 1.97. The van der Waals surface area contributed by atoms with Gasteiger partial charge in [-0.2, -0.15) is 0 Å². The highest BCUT2D eigenvalue weighted by atomic mass is 35.5. The van der Waals surface area contributed by atoms with Gasteiger partial charge in [-0.3, -0.25) is 24.3 Å². The van der Waals surface area contributed by atoms with Crippen LogP contribution in [0.3, 0.4) is 0 Å². The standard InChI is InChI=1S/C20H20Cl2N4O5S/c1-11(2)19-12(3)24(4)25(20(19)27)13-5-7-14(8-6-13)32(30,31)23-17-9-16(22)18(26(28)29)10-15(17)21/h5-11,23H,1-4H3. The molecule has 0 bridgehead atoms. The van der Waals surface area contributed by atoms with E-state index < -0.39 is 20.6 Å². The van der Waals surface area contributed by atoms with E-state index in [1.165, 1.54) is 28.9 Å². The van der Waals surface area contributed by atoms with Crippen molar-refractivity contribution in [3.8, 4) is 5.69 Å². The summed E-state index contributed by atoms with van der Waals surface area (Å²) in [6, 6.07) is 7.79. The van der Waals surface area contributed by atoms with Gasteiger partial charge in [0.1, 0.15) is 5.02 Å². The smallest absolute Gasteiger partial charge is 0.285 e. The number of hydrogen-bond donors (Lipinski definition) is 1. The number of nitrogens with one attached hydrogen (secondary N) is 1. The van der Waals surface area contributed by atoms with Crippen molar-refractivity contribution in [1.29, 1.82) is 0 Å². The van der Waals surface area contributed by atoms with Crippen LogP contribution in [0, 0.1) is 17.0 Å². The molecule has 0 amide bonds. The van der Waals surface area contributed by atoms with Gasteiger partial charge in [0, 0.05) is 24.4 Å². The van der Waals surface area contributed by atoms with Crippen molar-refractivity contribution in [2.75, 3.05) is 4.72 Å². The van der Waals surface area contributed by atoms with Crippen molar-refractivity contribution in [1.82, 2.24) is 9.36 Å². The van der Waals surface area contributed by atoms with Gasteiger partial charge in [0.25, 0.3) is 21.3 Å². The second-order valence-corrected chi connectivity index (χ2v) is 9.93. The molecule has 3 rings (SSSR count). The minimum atomic E-state index is -4.08. The monoisotopic (exact) mass is 498 g/mol. The van der Waals surface area contributed by atoms with E-state index in [-0.39, 0.29) is 32.1 Å². The third-order valence-electron chi connectivity index (χ3n) is 5.04. The lowest BCUT2D eigenvalue weighted by atomic mass is 10.0. The molecule has 0 saturated heterocycles. The molecule has 0 aliphatic rings. The number of anilines is 1. The molecule has 0 aliphatic carbocycles. The van der Waals surface area contributed by atoms with Gasteiger partial charge in [-0.25, -0.2) is 13.1 Å². The highest BCUT2D eigenvalue weighted by molar-refractivity contribution is 7.92. The summed E-state index contributed by atoms with van der Waals surface area (Å²) in [5, 5.41) is 10.5. The van der Waals surface area contributed by atoms with Crippen molar-refractivity contribution in [2.45, 2.75) is 31.6 Å². The molecule has 1 aromatic heterocycles. The molecule has 1 heterocycles. The number of rotatable bonds is 6. The average molecular weight is 499 g/mol. The zero-order valence-corrected chi connectivity index (χ0v) is 19.9. The Morgan fingerprint density at radius 1 is 1.09 bits per heavy atom. The lowest BCUT2D eigenvalue weighted by Gasteiger charge is -2.12. The van der Waals surface area contributed by atoms with E-state index in [2.05, 4.69) is 4.72 Å². The van der Waals surface area contributed by atoms with Crippen molar-refractivity contribution in [3.05, 3.63) is 78.2 Å². The number of nitro groups is 1. The number of benzene rings is 2. The van der Waals surface area contributed by atoms with Gasteiger partial charge in [0.15, 0.2) is 0 Å². The fourth-order valence-corrected chi connectivity index (χ4v) is 4.97. The van der Waals surface area contributed by atoms with Crippen LogP contribution >= 0.6 is 23.2 Å². The Bertz CT molecular complexity index is 1380. The van der Waals surface area contributed by atoms with Crippen LogP contribution in [-0.2, 0) is 17.1 Å². The second kappa shape index (κ2) is 8.61. The van der Waals surface area contributed by atoms with Gasteiger partial charge < -0.3 is 0 Å². The van der Waals surface area contributed by atoms with E-state index >= 15 is 0 Å². The summed E-state index contributed by atoms with van der Waals surface area (Å²) in [5.74, 6) is 0.0390. The summed E-state index contributed by atoms with van der Waals surface area (Å²) in [7, 11) is -2.32. The summed E-state index contributed by atoms with van der Waals surface area (Å²) < 4.78 is 31.1. The Morgan fingerprint density at radius 3 is 2.19 bits per heavy atom. The number of halogens is 2. The molecule has 0 unspecified atom stereocenters. The van der Waals surface area contributed by atoms with Gasteiger partial charge in [0.2, 0.25) is 0 Å². The molecule has 9 nitrogen and oxygen atoms in total. The Hall–Kier alpha value is -2.82. The van der Waals surface area contributed by atoms with Crippen LogP contribution in [0.4, 0.5) is 11.4 Å². The molecule has 0 spiro atoms. The van der Waals surface area contributed by atoms with Crippen molar-refractivity contribution < 1.29 is 13.3 Å². The highest BCUT2D eigenvalue weighted by Crippen LogP contribution is 2.35. The van der Waals surface area contributed by atoms with Gasteiger partial charge in [-0.1, -0.05) is 37.0 Å². The maximum absolute atomic E-state index is 12.9. The van der Waals surface area contributed by atoms with E-state index in [4.69, 9.17) is 23.2 Å². The van der Waals surface area contributed by atoms with Crippen LogP contribution in [0.1, 0.15) is 31.0 Å². The molecule has 32 heavy (non-hydrogen) atoms. The normalized spacial score (nSPS) is 11.7. The van der Waals surface area contributed by atoms with Crippen molar-refractivity contribution in [3.63, 3.8) is 0 Å². The second-order valence-electron chi connectivity index (χ2n) is 7.43. The van der Waals surface area contributed by atoms with Gasteiger partial charge >= 0.3 is 0 Å². The Morgan fingerprint density at radius 2 is 1.69 bits per heavy atom. The highest BCUT2D eigenvalue weighted by Gasteiger charge is 2.22. The van der Waals surface area contributed by atoms with Gasteiger partial charge in [-0.15, -0.1) is 0 Å². The van der Waals surface area contributed by atoms with Gasteiger partial charge in [-0.05, 0) is 43.2 Å². The third kappa shape index (κ3) is 4.25. The topological polar surface area (TPSA) is 116 Å². The van der Waals surface area contributed by atoms with E-state index in [1.807, 2.05) is 20.8 Å². The predicted molar refractivity (Wildman–Crippen MR) is 124 cm³/mol. The molecule has 0 fully saturated rings. The molecule has 3 aromatic rings. The molecular weight excluding hydrogens is 479 g/mol. The van der Waals surface area contributed by atoms with Crippen LogP contribution < -0.4 is 10.3 Å². The van der Waals surface area contributed by atoms with Crippen LogP contribution in [-0.4, -0.2) is 22.7 Å². The minimum Gasteiger partial charge on any atom is -0.285 e. The summed E-state index contributed by atoms with van der Waals surface area (Å²) >= 11 is 11.8. The Kier molecular flexibility index (Phi) is 6.41. The number of hydrogen-bond acceptors (Lipinski definition) is 5. The van der Waals surface area contributed by atoms with Crippen LogP contribution in [0.25, 0.3) is 5.69 Å². The molecule has 0 radical (unpaired) electrons. The average Bonchev–Trinajstić information content (AvgIpc) is 2.92. The van der Waals surface area contributed by atoms with Crippen LogP contribution in [0.15, 0.2) is 46.1 Å². The number of nitro benzene ring substituents is 1. The lowest BCUT2D eigenvalue weighted by Crippen LogP contribution is -2.21. The number of sulfonamides is 1. The molecule has 2 aromatic carbocycles. The number of nitrogens with zero attached hydrogens (tertiary/aromatic N) is 3. The summed E-state index contributed by atoms with van der Waals surface area (Å²) in [5.41, 5.74) is 1.32. The quantitative estimate of drug-likeness (QED) is 0.392. The molecule has 1 N–H and O–H groups in total. The first kappa shape index (κ1) is 23.8. The van der Waals surface area contributed by atoms with Crippen molar-refractivity contribution in [2.24, 2.45) is 7.05 Å². The Labute approximate surface area is 194 Å². The molecule has 0 atom stereocenters. The first-order valence-corrected chi connectivity index (χ1v) is 11.6. The van der Waals surface area contributed by atoms with E-state index in [0.717, 1.165) is 17.8 Å². The van der Waals surface area contributed by atoms with E-state index in [9.17, 15) is 23.3 Å². The molecule has 0 aliphatic heterocycles. The fraction of sp³-hybridized carbons (Fsp3) is 0.250. The maximum atomic E-state index is 12.9. The minimum absolute atomic E-state index is 0.0390. The lowest BCUT2D eigenvalue weighted by molar-refractivity contribution is -0.384. The van der Waals surface area contributed by atoms with Crippen LogP contribution in [0.5, 0.6) is 0 Å². The summed E-state index contributed by atoms with van der Waals surface area (Å²) in [6.07, 6.45) is 0. The first-order chi connectivity index (χ1) is 14.8. The molecular formula is C20H20Cl2N4O5S. The zero-order chi connectivity index (χ0) is 24.0. The molecule has 0 saturated carbocycles. The summed E-state index contributed by atoms with van der Waals surface area (Å²) in [4.78, 5) is 23.0. The third-order valence-corrected chi connectivity index (χ3v) is 7.04. The van der Waals surface area contributed by atoms with E-state index in [0.29, 0.717) is 11.3 Å². The van der Waals surface area contributed by atoms with E-state index in [1.54, 1.807) is 11.7 Å².